The van der Waals surface area contributed by atoms with Gasteiger partial charge >= 0.3 is 30.1 Å². The maximum atomic E-state index is 12.8. The van der Waals surface area contributed by atoms with Crippen molar-refractivity contribution in [3.8, 4) is 0 Å². The molecule has 17 nitrogen and oxygen atoms in total. The van der Waals surface area contributed by atoms with E-state index in [0.29, 0.717) is 19.4 Å². The van der Waals surface area contributed by atoms with Crippen LogP contribution in [0.15, 0.2) is 25.3 Å². The van der Waals surface area contributed by atoms with E-state index in [4.69, 9.17) is 29.8 Å². The third-order valence-electron chi connectivity index (χ3n) is 8.69. The molecule has 54 heavy (non-hydrogen) atoms. The van der Waals surface area contributed by atoms with Gasteiger partial charge in [-0.15, -0.1) is 25.6 Å². The van der Waals surface area contributed by atoms with Gasteiger partial charge in [0.2, 0.25) is 5.91 Å². The van der Waals surface area contributed by atoms with Crippen molar-refractivity contribution in [2.45, 2.75) is 128 Å². The van der Waals surface area contributed by atoms with E-state index < -0.39 is 76.6 Å². The molecule has 0 spiro atoms. The van der Waals surface area contributed by atoms with Crippen LogP contribution in [0.25, 0.3) is 0 Å². The van der Waals surface area contributed by atoms with Crippen molar-refractivity contribution < 1.29 is 63.0 Å². The van der Waals surface area contributed by atoms with E-state index in [-0.39, 0.29) is 62.8 Å². The number of rotatable bonds is 9. The van der Waals surface area contributed by atoms with E-state index in [1.54, 1.807) is 67.5 Å². The van der Waals surface area contributed by atoms with Gasteiger partial charge in [-0.1, -0.05) is 12.2 Å². The number of halogens is 1. The molecule has 0 unspecified atom stereocenters. The monoisotopic (exact) mass is 790 g/mol. The number of β-amino-alcohol motifs (C(OH)–C–C–N with tert-alkyl or cyclic N) is 2. The number of hydrogen-bond acceptors (Lipinski definition) is 13. The Morgan fingerprint density at radius 2 is 1.20 bits per heavy atom. The van der Waals surface area contributed by atoms with E-state index in [0.717, 1.165) is 4.90 Å². The Hall–Kier alpha value is -3.93. The number of carbonyl (C=O) groups is 6. The Morgan fingerprint density at radius 3 is 1.57 bits per heavy atom. The number of esters is 2. The number of carboxylic acid groups (broad SMARTS) is 1. The summed E-state index contributed by atoms with van der Waals surface area (Å²) in [6, 6.07) is -1.90. The summed E-state index contributed by atoms with van der Waals surface area (Å²) < 4.78 is 20.2. The van der Waals surface area contributed by atoms with Crippen LogP contribution in [0.4, 0.5) is 9.59 Å². The normalized spacial score (nSPS) is 29.3. The van der Waals surface area contributed by atoms with E-state index in [1.807, 2.05) is 0 Å². The minimum atomic E-state index is -1.14. The van der Waals surface area contributed by atoms with Crippen LogP contribution in [0.5, 0.6) is 0 Å². The molecule has 4 aliphatic rings. The first kappa shape index (κ1) is 48.1. The van der Waals surface area contributed by atoms with Crippen LogP contribution in [-0.2, 0) is 38.1 Å². The number of aliphatic carboxylic acids is 1. The van der Waals surface area contributed by atoms with E-state index >= 15 is 0 Å². The first-order valence-electron chi connectivity index (χ1n) is 17.7. The molecule has 0 aromatic rings. The van der Waals surface area contributed by atoms with E-state index in [2.05, 4.69) is 18.5 Å². The molecule has 0 aromatic heterocycles. The maximum Gasteiger partial charge on any atom is 0.411 e. The Kier molecular flexibility index (Phi) is 17.0. The summed E-state index contributed by atoms with van der Waals surface area (Å²) in [7, 11) is 0. The summed E-state index contributed by atoms with van der Waals surface area (Å²) in [6.45, 7) is 21.6. The zero-order valence-corrected chi connectivity index (χ0v) is 33.3. The van der Waals surface area contributed by atoms with Crippen LogP contribution in [0.3, 0.4) is 0 Å². The smallest absolute Gasteiger partial charge is 0.411 e. The fourth-order valence-electron chi connectivity index (χ4n) is 5.82. The molecule has 4 fully saturated rings. The number of carboxylic acids is 1. The van der Waals surface area contributed by atoms with Crippen LogP contribution >= 0.6 is 12.4 Å². The number of nitrogens with two attached hydrogens (primary N) is 1. The second-order valence-electron chi connectivity index (χ2n) is 15.4. The molecular weight excluding hydrogens is 732 g/mol. The summed E-state index contributed by atoms with van der Waals surface area (Å²) >= 11 is 0. The van der Waals surface area contributed by atoms with Gasteiger partial charge < -0.3 is 45.3 Å². The fraction of sp³-hybridized carbons (Fsp3) is 0.722. The first-order valence-corrected chi connectivity index (χ1v) is 17.7. The lowest BCUT2D eigenvalue weighted by Crippen LogP contribution is -2.53. The molecule has 2 aliphatic heterocycles. The predicted molar refractivity (Wildman–Crippen MR) is 197 cm³/mol. The fourth-order valence-corrected chi connectivity index (χ4v) is 5.82. The summed E-state index contributed by atoms with van der Waals surface area (Å²) in [5, 5.41) is 30.9. The highest BCUT2D eigenvalue weighted by Crippen LogP contribution is 2.46. The molecule has 0 radical (unpaired) electrons. The average Bonchev–Trinajstić information content (AvgIpc) is 3.80. The van der Waals surface area contributed by atoms with Crippen LogP contribution in [0.1, 0.15) is 81.1 Å². The first-order chi connectivity index (χ1) is 24.4. The topological polar surface area (TPSA) is 245 Å². The van der Waals surface area contributed by atoms with Crippen molar-refractivity contribution in [3.63, 3.8) is 0 Å². The van der Waals surface area contributed by atoms with Crippen molar-refractivity contribution in [3.05, 3.63) is 25.3 Å². The summed E-state index contributed by atoms with van der Waals surface area (Å²) in [5.41, 5.74) is 2.40. The van der Waals surface area contributed by atoms with Crippen LogP contribution in [0.2, 0.25) is 0 Å². The number of nitrogens with zero attached hydrogens (tertiary/aromatic N) is 2. The Morgan fingerprint density at radius 1 is 0.778 bits per heavy atom. The van der Waals surface area contributed by atoms with Gasteiger partial charge in [-0.25, -0.2) is 19.2 Å². The van der Waals surface area contributed by atoms with Crippen LogP contribution in [-0.4, -0.2) is 134 Å². The quantitative estimate of drug-likeness (QED) is 0.128. The summed E-state index contributed by atoms with van der Waals surface area (Å²) in [4.78, 5) is 73.3. The van der Waals surface area contributed by atoms with Gasteiger partial charge in [0.05, 0.1) is 38.5 Å². The summed E-state index contributed by atoms with van der Waals surface area (Å²) in [5.74, 6) is -2.55. The standard InChI is InChI=1S/C18H28N2O6.C10H17NO5.C8H13NO2.ClH/c1-6-11-9-18(11,15(23)25-7-2)19-14(22)13-8-12(21)10-20(13)16(24)26-17(3,4)5;1-10(2,3)16-9(15)11-5-6(12)4-7(11)8(13)14;1-3-6-5-8(6,9)7(10)11-4-2;/h6,11-13,21H,1,7-10H2,2-5H3,(H,19,22);6-7,12H,4-5H2,1-3H3,(H,13,14);3,6H,1,4-5,9H2,2H3;1H/t11-,12-,13+,18-;6-,7+;6-,8-;/m111./s1. The number of hydrogen-bond donors (Lipinski definition) is 5. The zero-order valence-electron chi connectivity index (χ0n) is 32.5. The number of likely N-dealkylation sites (tertiary alicyclic amines) is 2. The molecule has 18 heteroatoms. The lowest BCUT2D eigenvalue weighted by molar-refractivity contribution is -0.149. The van der Waals surface area contributed by atoms with Crippen molar-refractivity contribution >= 4 is 48.4 Å². The highest BCUT2D eigenvalue weighted by molar-refractivity contribution is 5.95. The number of aliphatic hydroxyl groups is 2. The van der Waals surface area contributed by atoms with Gasteiger partial charge in [0.25, 0.3) is 0 Å². The van der Waals surface area contributed by atoms with Crippen molar-refractivity contribution in [2.24, 2.45) is 17.6 Å². The summed E-state index contributed by atoms with van der Waals surface area (Å²) in [6.07, 6.45) is 1.53. The molecule has 0 bridgehead atoms. The third-order valence-corrected chi connectivity index (χ3v) is 8.69. The molecule has 2 saturated carbocycles. The SMILES string of the molecule is C=C[C@@H]1C[C@]1(N)C(=O)OCC.C=C[C@@H]1C[C@]1(NC(=O)[C@@H]1C[C@@H](O)CN1C(=O)OC(C)(C)C)C(=O)OCC.CC(C)(C)OC(=O)N1C[C@H](O)C[C@H]1C(=O)O.Cl. The molecule has 6 N–H and O–H groups in total. The van der Waals surface area contributed by atoms with Gasteiger partial charge in [0.15, 0.2) is 0 Å². The molecule has 2 saturated heterocycles. The minimum Gasteiger partial charge on any atom is -0.480 e. The third kappa shape index (κ3) is 12.8. The number of carbonyl (C=O) groups excluding carboxylic acids is 5. The molecule has 2 heterocycles. The lowest BCUT2D eigenvalue weighted by atomic mass is 10.1. The zero-order chi connectivity index (χ0) is 40.7. The molecule has 0 aromatic carbocycles. The Bertz CT molecular complexity index is 1400. The van der Waals surface area contributed by atoms with Gasteiger partial charge in [-0.3, -0.25) is 19.4 Å². The van der Waals surface area contributed by atoms with Crippen LogP contribution < -0.4 is 11.1 Å². The highest BCUT2D eigenvalue weighted by Gasteiger charge is 2.62. The second-order valence-corrected chi connectivity index (χ2v) is 15.4. The molecule has 4 rings (SSSR count). The second kappa shape index (κ2) is 19.1. The van der Waals surface area contributed by atoms with Crippen molar-refractivity contribution in [2.75, 3.05) is 26.3 Å². The van der Waals surface area contributed by atoms with Gasteiger partial charge in [-0.2, -0.15) is 0 Å². The largest absolute Gasteiger partial charge is 0.480 e. The number of ether oxygens (including phenoxy) is 4. The molecule has 308 valence electrons. The minimum absolute atomic E-state index is 0. The van der Waals surface area contributed by atoms with Gasteiger partial charge in [0.1, 0.15) is 34.4 Å². The number of amides is 3. The molecular formula is C36H59ClN4O13. The Labute approximate surface area is 322 Å². The van der Waals surface area contributed by atoms with E-state index in [1.165, 1.54) is 4.90 Å². The number of aliphatic hydroxyl groups excluding tert-OH is 2. The van der Waals surface area contributed by atoms with Gasteiger partial charge in [0, 0.05) is 24.7 Å². The predicted octanol–water partition coefficient (Wildman–Crippen LogP) is 2.30. The van der Waals surface area contributed by atoms with Crippen molar-refractivity contribution in [1.82, 2.24) is 15.1 Å². The highest BCUT2D eigenvalue weighted by atomic mass is 35.5. The van der Waals surface area contributed by atoms with Crippen molar-refractivity contribution in [1.29, 1.82) is 0 Å². The van der Waals surface area contributed by atoms with E-state index in [9.17, 15) is 39.0 Å². The Balaban J connectivity index is 0.000000443. The maximum absolute atomic E-state index is 12.8. The molecule has 3 amide bonds. The average molecular weight is 791 g/mol. The lowest BCUT2D eigenvalue weighted by Gasteiger charge is -2.29. The molecule has 2 aliphatic carbocycles. The molecule has 8 atom stereocenters. The number of nitrogens with one attached hydrogen (secondary N) is 1. The van der Waals surface area contributed by atoms with Crippen LogP contribution in [0, 0.1) is 11.8 Å². The van der Waals surface area contributed by atoms with Gasteiger partial charge in [-0.05, 0) is 68.2 Å².